The van der Waals surface area contributed by atoms with E-state index in [1.54, 1.807) is 113 Å². The van der Waals surface area contributed by atoms with Crippen LogP contribution in [-0.4, -0.2) is 27.7 Å². The number of nitrogens with zero attached hydrogens (tertiary/aromatic N) is 2. The number of hydrogen-bond acceptors (Lipinski definition) is 6. The first-order chi connectivity index (χ1) is 37.8. The third-order valence-electron chi connectivity index (χ3n) is 7.28. The average Bonchev–Trinajstić information content (AvgIpc) is 3.73. The molecule has 0 atom stereocenters. The Morgan fingerprint density at radius 3 is 0.949 bits per heavy atom. The second-order valence-electron chi connectivity index (χ2n) is 12.9. The summed E-state index contributed by atoms with van der Waals surface area (Å²) in [4.78, 5) is 16.5. The van der Waals surface area contributed by atoms with Gasteiger partial charge >= 0.3 is 7.12 Å². The summed E-state index contributed by atoms with van der Waals surface area (Å²) in [6.07, 6.45) is 1.98. The predicted octanol–water partition coefficient (Wildman–Crippen LogP) is 3.96. The zero-order chi connectivity index (χ0) is 56.4. The Morgan fingerprint density at radius 2 is 0.696 bits per heavy atom. The minimum absolute atomic E-state index is 0. The van der Waals surface area contributed by atoms with Crippen molar-refractivity contribution in [1.29, 1.82) is 0 Å². The minimum Gasteiger partial charge on any atom is -0.399 e. The number of pyridine rings is 1. The summed E-state index contributed by atoms with van der Waals surface area (Å²) < 4.78 is 14.4. The smallest absolute Gasteiger partial charge is 0.399 e. The lowest BCUT2D eigenvalue weighted by atomic mass is 9.78. The van der Waals surface area contributed by atoms with Crippen LogP contribution in [0.4, 0.5) is 0 Å². The lowest BCUT2D eigenvalue weighted by Crippen LogP contribution is -2.41. The topological polar surface area (TPSA) is 52.8 Å². The molecule has 1 aromatic carbocycles. The molecule has 2 aromatic heterocycles. The van der Waals surface area contributed by atoms with Crippen LogP contribution in [0, 0.1) is 0 Å². The Bertz CT molecular complexity index is 4960. The molecule has 0 N–H and O–H groups in total. The van der Waals surface area contributed by atoms with Gasteiger partial charge in [-0.05, 0) is 44.6 Å². The van der Waals surface area contributed by atoms with Crippen LogP contribution < -0.4 is 11.0 Å². The maximum Gasteiger partial charge on any atom is 0.494 e. The van der Waals surface area contributed by atoms with Crippen molar-refractivity contribution in [3.63, 3.8) is 0 Å². The molecule has 1 aliphatic heterocycles. The van der Waals surface area contributed by atoms with Gasteiger partial charge in [0.05, 0.1) is 11.2 Å². The first-order valence-electron chi connectivity index (χ1n) is 17.9. The SMILES string of the molecule is C.CC(C)(C)c1cc(=O)nc2c3ccc(B4OC(C)(C)C(C)(C)O4)cc3ccn12.S=S=S=S=S=S=S=S=S=S=S=S=S=S=S=S=S=S=S=S=S=S=S=S=S=S=S=S=S=S=S=S=S=S=S=S=S=S=S=S=S=S=S=S=S=S=S=S=S=S. The van der Waals surface area contributed by atoms with Gasteiger partial charge in [-0.3, -0.25) is 4.79 Å². The normalized spacial score (nSPS) is 11.6. The number of fused-ring (bicyclic) bond motifs is 3. The third kappa shape index (κ3) is 41.4. The summed E-state index contributed by atoms with van der Waals surface area (Å²) >= 11 is 9.62. The van der Waals surface area contributed by atoms with Crippen LogP contribution in [0.25, 0.3) is 16.4 Å². The first-order valence-corrected chi connectivity index (χ1v) is 83.2. The average molecular weight is 2000 g/mol. The van der Waals surface area contributed by atoms with E-state index in [-0.39, 0.29) is 29.6 Å². The van der Waals surface area contributed by atoms with E-state index in [9.17, 15) is 4.79 Å². The number of benzene rings is 1. The third-order valence-corrected chi connectivity index (χ3v) is 112. The van der Waals surface area contributed by atoms with Gasteiger partial charge in [0.2, 0.25) is 0 Å². The van der Waals surface area contributed by atoms with E-state index < -0.39 is 7.12 Å². The van der Waals surface area contributed by atoms with Crippen molar-refractivity contribution in [3.8, 4) is 0 Å². The molecule has 454 valence electrons. The minimum atomic E-state index is -0.415. The zero-order valence-electron chi connectivity index (χ0n) is 38.1. The van der Waals surface area contributed by atoms with Crippen molar-refractivity contribution in [3.05, 3.63) is 52.6 Å². The summed E-state index contributed by atoms with van der Waals surface area (Å²) in [6.45, 7) is 14.5. The first kappa shape index (κ1) is 83.9. The molecule has 0 saturated carbocycles. The molecule has 0 bridgehead atoms. The van der Waals surface area contributed by atoms with Crippen molar-refractivity contribution in [2.45, 2.75) is 72.5 Å². The fourth-order valence-electron chi connectivity index (χ4n) is 4.13. The molecular weight excluding hydrogens is 1970 g/mol. The summed E-state index contributed by atoms with van der Waals surface area (Å²) in [6, 6.07) is 9.74. The second-order valence-corrected chi connectivity index (χ2v) is 97.9. The maximum absolute atomic E-state index is 12.2. The summed E-state index contributed by atoms with van der Waals surface area (Å²) in [5, 5.41) is 1.94. The van der Waals surface area contributed by atoms with Crippen LogP contribution in [0.1, 0.15) is 61.6 Å². The van der Waals surface area contributed by atoms with Crippen LogP contribution in [-0.2, 0) is 463 Å². The van der Waals surface area contributed by atoms with Crippen molar-refractivity contribution in [2.24, 2.45) is 0 Å². The van der Waals surface area contributed by atoms with E-state index in [0.29, 0.717) is 5.65 Å². The zero-order valence-corrected chi connectivity index (χ0v) is 78.9. The Balaban J connectivity index is 0.000000613. The van der Waals surface area contributed by atoms with E-state index in [4.69, 9.17) is 31.7 Å². The van der Waals surface area contributed by atoms with E-state index in [0.717, 1.165) is 21.9 Å². The van der Waals surface area contributed by atoms with Gasteiger partial charge in [0.15, 0.2) is 0 Å². The lowest BCUT2D eigenvalue weighted by Gasteiger charge is -2.32. The fraction of sp³-hybridized carbons (Fsp3) is 0.478. The van der Waals surface area contributed by atoms with Crippen molar-refractivity contribution in [2.75, 3.05) is 0 Å². The monoisotopic (exact) mass is 1990 g/mol. The van der Waals surface area contributed by atoms with Crippen LogP contribution in [0.2, 0.25) is 0 Å². The molecule has 3 heterocycles. The van der Waals surface area contributed by atoms with Crippen LogP contribution in [0.3, 0.4) is 0 Å². The van der Waals surface area contributed by atoms with E-state index in [1.165, 1.54) is 17.8 Å². The molecule has 0 radical (unpaired) electrons. The molecule has 0 spiro atoms. The molecule has 3 aromatic rings. The Morgan fingerprint density at radius 1 is 0.430 bits per heavy atom. The summed E-state index contributed by atoms with van der Waals surface area (Å²) in [5.74, 6) is 0. The Kier molecular flexibility index (Phi) is 58.4. The van der Waals surface area contributed by atoms with Gasteiger partial charge in [-0.2, -0.15) is 4.98 Å². The van der Waals surface area contributed by atoms with Gasteiger partial charge in [0.1, 0.15) is 5.65 Å². The van der Waals surface area contributed by atoms with Crippen LogP contribution >= 0.6 is 0 Å². The number of rotatable bonds is 1. The van der Waals surface area contributed by atoms with E-state index >= 15 is 0 Å². The van der Waals surface area contributed by atoms with Crippen molar-refractivity contribution in [1.82, 2.24) is 9.38 Å². The second kappa shape index (κ2) is 55.0. The van der Waals surface area contributed by atoms with Gasteiger partial charge in [-0.1, -0.05) is 46.4 Å². The highest BCUT2D eigenvalue weighted by Gasteiger charge is 2.51. The molecule has 5 nitrogen and oxygen atoms in total. The molecule has 0 aliphatic carbocycles. The molecule has 1 saturated heterocycles. The van der Waals surface area contributed by atoms with Crippen LogP contribution in [0.5, 0.6) is 0 Å². The standard InChI is InChI=1S/C22H27BN2O3.CH4.S50/c1-20(2,3)17-13-18(26)24-19-16-9-8-15(12-14(16)10-11-25(17)19)23-27-21(4,5)22(6,7)28-23;;1-3-5-7-9-11-13-15-17-19-21-23-25-27-29-31-33-35-37-39-41-43-45-47-49-50-48-46-44-42-40-38-36-34-32-30-28-26-24-22-20-18-16-14-12-10-8-6-4-2/h8-13H,1-7H3;1H4;. The van der Waals surface area contributed by atoms with Gasteiger partial charge in [0.25, 0.3) is 5.56 Å². The molecule has 4 rings (SSSR count). The number of aromatic nitrogens is 2. The number of hydrogen-bond donors (Lipinski definition) is 0. The van der Waals surface area contributed by atoms with Gasteiger partial charge in [0, 0.05) is 477 Å². The molecule has 79 heavy (non-hydrogen) atoms. The molecule has 0 unspecified atom stereocenters. The highest BCUT2D eigenvalue weighted by molar-refractivity contribution is 8.82. The molecule has 56 heteroatoms. The van der Waals surface area contributed by atoms with E-state index in [1.807, 2.05) is 352 Å². The largest absolute Gasteiger partial charge is 0.494 e. The molecule has 0 amide bonds. The summed E-state index contributed by atoms with van der Waals surface area (Å²) in [7, 11) is 85.3. The van der Waals surface area contributed by atoms with Crippen molar-refractivity contribution < 1.29 is 9.31 Å². The highest BCUT2D eigenvalue weighted by Crippen LogP contribution is 2.36. The molecular formula is C23H31BN2O3S50. The fourth-order valence-corrected chi connectivity index (χ4v) is 130. The lowest BCUT2D eigenvalue weighted by molar-refractivity contribution is 0.00578. The molecule has 1 fully saturated rings. The predicted molar refractivity (Wildman–Crippen MR) is 488 cm³/mol. The quantitative estimate of drug-likeness (QED) is 0.272. The maximum atomic E-state index is 12.2. The Labute approximate surface area is 606 Å². The van der Waals surface area contributed by atoms with Crippen LogP contribution in [0.15, 0.2) is 41.3 Å². The van der Waals surface area contributed by atoms with Crippen molar-refractivity contribution >= 4 is 478 Å². The van der Waals surface area contributed by atoms with Gasteiger partial charge in [-0.15, -0.1) is 0 Å². The summed E-state index contributed by atoms with van der Waals surface area (Å²) in [5.41, 5.74) is 1.44. The molecule has 1 aliphatic rings. The Hall–Kier alpha value is 8.82. The van der Waals surface area contributed by atoms with E-state index in [2.05, 4.69) is 37.9 Å². The highest BCUT2D eigenvalue weighted by atomic mass is 33.5. The van der Waals surface area contributed by atoms with Gasteiger partial charge in [-0.25, -0.2) is 0 Å². The van der Waals surface area contributed by atoms with Gasteiger partial charge < -0.3 is 13.7 Å².